The van der Waals surface area contributed by atoms with Crippen molar-refractivity contribution in [2.45, 2.75) is 18.2 Å². The van der Waals surface area contributed by atoms with Gasteiger partial charge in [-0.15, -0.1) is 0 Å². The maximum absolute atomic E-state index is 12.2. The highest BCUT2D eigenvalue weighted by atomic mass is 35.5. The largest absolute Gasteiger partial charge is 0.399 e. The Bertz CT molecular complexity index is 745. The molecule has 0 radical (unpaired) electrons. The Balaban J connectivity index is 2.06. The summed E-state index contributed by atoms with van der Waals surface area (Å²) in [6.07, 6.45) is 0.612. The van der Waals surface area contributed by atoms with Crippen molar-refractivity contribution in [3.8, 4) is 0 Å². The maximum atomic E-state index is 12.2. The van der Waals surface area contributed by atoms with Gasteiger partial charge in [-0.2, -0.15) is 0 Å². The third kappa shape index (κ3) is 4.20. The number of hydrogen-bond acceptors (Lipinski definition) is 3. The number of halogens is 1. The van der Waals surface area contributed by atoms with Gasteiger partial charge in [0.2, 0.25) is 10.0 Å². The number of benzene rings is 2. The summed E-state index contributed by atoms with van der Waals surface area (Å²) in [7, 11) is -3.66. The number of aryl methyl sites for hydroxylation is 1. The third-order valence-electron chi connectivity index (χ3n) is 3.03. The van der Waals surface area contributed by atoms with Gasteiger partial charge in [0.05, 0.1) is 5.02 Å². The van der Waals surface area contributed by atoms with Gasteiger partial charge >= 0.3 is 0 Å². The quantitative estimate of drug-likeness (QED) is 0.831. The van der Waals surface area contributed by atoms with Crippen LogP contribution in [0.2, 0.25) is 5.02 Å². The summed E-state index contributed by atoms with van der Waals surface area (Å²) >= 11 is 5.92. The van der Waals surface area contributed by atoms with Gasteiger partial charge in [0, 0.05) is 12.2 Å². The van der Waals surface area contributed by atoms with Gasteiger partial charge in [0.25, 0.3) is 0 Å². The average Bonchev–Trinajstić information content (AvgIpc) is 2.41. The normalized spacial score (nSPS) is 11.5. The number of nitrogens with one attached hydrogen (secondary N) is 1. The molecule has 6 heteroatoms. The molecule has 0 unspecified atom stereocenters. The number of nitrogens with two attached hydrogens (primary N) is 1. The van der Waals surface area contributed by atoms with Crippen LogP contribution in [0.5, 0.6) is 0 Å². The minimum Gasteiger partial charge on any atom is -0.399 e. The summed E-state index contributed by atoms with van der Waals surface area (Å²) in [4.78, 5) is 0.00779. The highest BCUT2D eigenvalue weighted by molar-refractivity contribution is 7.89. The van der Waals surface area contributed by atoms with Crippen molar-refractivity contribution in [2.24, 2.45) is 0 Å². The molecule has 2 aromatic carbocycles. The molecule has 0 heterocycles. The first-order chi connectivity index (χ1) is 9.88. The molecular formula is C15H17ClN2O2S. The van der Waals surface area contributed by atoms with Crippen molar-refractivity contribution in [2.75, 3.05) is 12.3 Å². The number of anilines is 1. The van der Waals surface area contributed by atoms with E-state index in [9.17, 15) is 8.42 Å². The summed E-state index contributed by atoms with van der Waals surface area (Å²) in [5, 5.41) is 0.159. The summed E-state index contributed by atoms with van der Waals surface area (Å²) in [5.74, 6) is 0. The second-order valence-corrected chi connectivity index (χ2v) is 6.97. The zero-order chi connectivity index (χ0) is 15.5. The monoisotopic (exact) mass is 324 g/mol. The molecule has 0 spiro atoms. The Labute approximate surface area is 130 Å². The van der Waals surface area contributed by atoms with Gasteiger partial charge in [-0.3, -0.25) is 0 Å². The second-order valence-electron chi connectivity index (χ2n) is 4.83. The Kier molecular flexibility index (Phi) is 4.88. The van der Waals surface area contributed by atoms with Crippen LogP contribution in [0.3, 0.4) is 0 Å². The smallest absolute Gasteiger partial charge is 0.242 e. The lowest BCUT2D eigenvalue weighted by atomic mass is 10.1. The molecule has 0 saturated carbocycles. The summed E-state index contributed by atoms with van der Waals surface area (Å²) in [5.41, 5.74) is 8.20. The van der Waals surface area contributed by atoms with Crippen molar-refractivity contribution in [3.63, 3.8) is 0 Å². The fourth-order valence-electron chi connectivity index (χ4n) is 2.00. The van der Waals surface area contributed by atoms with E-state index in [2.05, 4.69) is 4.72 Å². The minimum absolute atomic E-state index is 0.00779. The zero-order valence-electron chi connectivity index (χ0n) is 11.6. The first-order valence-electron chi connectivity index (χ1n) is 6.49. The van der Waals surface area contributed by atoms with Gasteiger partial charge in [-0.1, -0.05) is 41.4 Å². The molecule has 112 valence electrons. The molecule has 21 heavy (non-hydrogen) atoms. The predicted molar refractivity (Wildman–Crippen MR) is 85.9 cm³/mol. The van der Waals surface area contributed by atoms with Crippen LogP contribution in [0.25, 0.3) is 0 Å². The van der Waals surface area contributed by atoms with E-state index in [-0.39, 0.29) is 9.92 Å². The first-order valence-corrected chi connectivity index (χ1v) is 8.35. The molecule has 0 amide bonds. The van der Waals surface area contributed by atoms with Crippen LogP contribution in [0.1, 0.15) is 11.1 Å². The van der Waals surface area contributed by atoms with Crippen LogP contribution in [0.15, 0.2) is 47.4 Å². The highest BCUT2D eigenvalue weighted by Crippen LogP contribution is 2.23. The number of hydrogen-bond donors (Lipinski definition) is 2. The second kappa shape index (κ2) is 6.47. The zero-order valence-corrected chi connectivity index (χ0v) is 13.2. The van der Waals surface area contributed by atoms with Crippen molar-refractivity contribution >= 4 is 27.3 Å². The fourth-order valence-corrected chi connectivity index (χ4v) is 3.57. The van der Waals surface area contributed by atoms with E-state index in [1.165, 1.54) is 12.1 Å². The van der Waals surface area contributed by atoms with Crippen molar-refractivity contribution in [3.05, 3.63) is 58.6 Å². The van der Waals surface area contributed by atoms with Crippen LogP contribution in [0, 0.1) is 6.92 Å². The predicted octanol–water partition coefficient (Wildman–Crippen LogP) is 2.75. The molecular weight excluding hydrogens is 308 g/mol. The van der Waals surface area contributed by atoms with Gasteiger partial charge in [0.15, 0.2) is 0 Å². The molecule has 0 fully saturated rings. The van der Waals surface area contributed by atoms with Crippen molar-refractivity contribution < 1.29 is 8.42 Å². The van der Waals surface area contributed by atoms with Crippen LogP contribution in [0.4, 0.5) is 5.69 Å². The van der Waals surface area contributed by atoms with E-state index in [0.717, 1.165) is 11.1 Å². The van der Waals surface area contributed by atoms with Crippen LogP contribution >= 0.6 is 11.6 Å². The fraction of sp³-hybridized carbons (Fsp3) is 0.200. The lowest BCUT2D eigenvalue weighted by Gasteiger charge is -2.09. The first kappa shape index (κ1) is 15.8. The SMILES string of the molecule is Cc1cccc(CCNS(=O)(=O)c2cc(N)ccc2Cl)c1. The molecule has 2 aromatic rings. The topological polar surface area (TPSA) is 72.2 Å². The Hall–Kier alpha value is -1.56. The molecule has 4 nitrogen and oxygen atoms in total. The summed E-state index contributed by atoms with van der Waals surface area (Å²) < 4.78 is 27.0. The molecule has 0 bridgehead atoms. The molecule has 0 aromatic heterocycles. The number of nitrogen functional groups attached to an aromatic ring is 1. The molecule has 0 aliphatic heterocycles. The Morgan fingerprint density at radius 2 is 1.95 bits per heavy atom. The molecule has 0 atom stereocenters. The number of sulfonamides is 1. The lowest BCUT2D eigenvalue weighted by molar-refractivity contribution is 0.582. The molecule has 0 saturated heterocycles. The van der Waals surface area contributed by atoms with E-state index < -0.39 is 10.0 Å². The lowest BCUT2D eigenvalue weighted by Crippen LogP contribution is -2.26. The maximum Gasteiger partial charge on any atom is 0.242 e. The van der Waals surface area contributed by atoms with E-state index in [4.69, 9.17) is 17.3 Å². The molecule has 0 aliphatic carbocycles. The molecule has 3 N–H and O–H groups in total. The van der Waals surface area contributed by atoms with Crippen LogP contribution in [-0.2, 0) is 16.4 Å². The molecule has 2 rings (SSSR count). The standard InChI is InChI=1S/C15H17ClN2O2S/c1-11-3-2-4-12(9-11)7-8-18-21(19,20)15-10-13(17)5-6-14(15)16/h2-6,9-10,18H,7-8,17H2,1H3. The van der Waals surface area contributed by atoms with E-state index in [0.29, 0.717) is 18.7 Å². The average molecular weight is 325 g/mol. The van der Waals surface area contributed by atoms with Crippen LogP contribution in [-0.4, -0.2) is 15.0 Å². The summed E-state index contributed by atoms with van der Waals surface area (Å²) in [6, 6.07) is 12.3. The number of rotatable bonds is 5. The third-order valence-corrected chi connectivity index (χ3v) is 4.98. The summed E-state index contributed by atoms with van der Waals surface area (Å²) in [6.45, 7) is 2.30. The van der Waals surface area contributed by atoms with Crippen LogP contribution < -0.4 is 10.5 Å². The van der Waals surface area contributed by atoms with E-state index in [1.807, 2.05) is 31.2 Å². The van der Waals surface area contributed by atoms with Gasteiger partial charge in [-0.25, -0.2) is 13.1 Å². The van der Waals surface area contributed by atoms with Gasteiger partial charge < -0.3 is 5.73 Å². The van der Waals surface area contributed by atoms with E-state index in [1.54, 1.807) is 6.07 Å². The Morgan fingerprint density at radius 1 is 1.19 bits per heavy atom. The van der Waals surface area contributed by atoms with Crippen molar-refractivity contribution in [1.82, 2.24) is 4.72 Å². The van der Waals surface area contributed by atoms with Crippen molar-refractivity contribution in [1.29, 1.82) is 0 Å². The Morgan fingerprint density at radius 3 is 2.67 bits per heavy atom. The highest BCUT2D eigenvalue weighted by Gasteiger charge is 2.17. The van der Waals surface area contributed by atoms with Gasteiger partial charge in [0.1, 0.15) is 4.90 Å². The molecule has 0 aliphatic rings. The van der Waals surface area contributed by atoms with E-state index >= 15 is 0 Å². The van der Waals surface area contributed by atoms with Gasteiger partial charge in [-0.05, 0) is 37.1 Å². The minimum atomic E-state index is -3.66.